The van der Waals surface area contributed by atoms with Crippen molar-refractivity contribution >= 4 is 17.3 Å². The lowest BCUT2D eigenvalue weighted by molar-refractivity contribution is -0.117. The molecule has 1 amide bonds. The molecule has 1 aromatic carbocycles. The van der Waals surface area contributed by atoms with Crippen molar-refractivity contribution in [1.29, 1.82) is 5.26 Å². The summed E-state index contributed by atoms with van der Waals surface area (Å²) in [5.41, 5.74) is 8.18. The summed E-state index contributed by atoms with van der Waals surface area (Å²) in [5, 5.41) is 18.2. The second-order valence-corrected chi connectivity index (χ2v) is 5.75. The fraction of sp³-hybridized carbons (Fsp3) is 0.412. The molecule has 0 aromatic heterocycles. The molecule has 1 aliphatic rings. The Balaban J connectivity index is 1.86. The number of nitrogen functional groups attached to an aromatic ring is 1. The molecule has 7 heteroatoms. The van der Waals surface area contributed by atoms with E-state index in [9.17, 15) is 10.1 Å². The van der Waals surface area contributed by atoms with Crippen molar-refractivity contribution in [2.75, 3.05) is 50.3 Å². The number of hydrogen-bond acceptors (Lipinski definition) is 6. The van der Waals surface area contributed by atoms with Crippen LogP contribution in [0.5, 0.6) is 0 Å². The van der Waals surface area contributed by atoms with E-state index in [1.807, 2.05) is 25.1 Å². The van der Waals surface area contributed by atoms with E-state index in [-0.39, 0.29) is 11.5 Å². The van der Waals surface area contributed by atoms with Crippen LogP contribution in [-0.4, -0.2) is 50.1 Å². The van der Waals surface area contributed by atoms with Crippen molar-refractivity contribution in [1.82, 2.24) is 15.5 Å². The number of nitrogens with one attached hydrogen (secondary N) is 3. The van der Waals surface area contributed by atoms with Crippen molar-refractivity contribution in [2.24, 2.45) is 0 Å². The largest absolute Gasteiger partial charge is 0.397 e. The molecular formula is C17H24N6O. The summed E-state index contributed by atoms with van der Waals surface area (Å²) in [5.74, 6) is -0.383. The Morgan fingerprint density at radius 1 is 1.46 bits per heavy atom. The highest BCUT2D eigenvalue weighted by atomic mass is 16.1. The molecule has 0 unspecified atom stereocenters. The summed E-state index contributed by atoms with van der Waals surface area (Å²) >= 11 is 0. The molecule has 0 radical (unpaired) electrons. The Hall–Kier alpha value is -2.56. The first-order valence-corrected chi connectivity index (χ1v) is 8.04. The van der Waals surface area contributed by atoms with Crippen LogP contribution in [0.4, 0.5) is 11.4 Å². The van der Waals surface area contributed by atoms with Gasteiger partial charge in [0.15, 0.2) is 0 Å². The zero-order valence-electron chi connectivity index (χ0n) is 13.9. The standard InChI is InChI=1S/C17H24N6O/c1-13-2-3-15(19)16(10-13)22-12-14(11-18)17(24)21-6-9-23-7-4-20-5-8-23/h2-3,10,12,20,22H,4-9,19H2,1H3,(H,21,24)/b14-12-. The molecule has 5 N–H and O–H groups in total. The molecule has 7 nitrogen and oxygen atoms in total. The highest BCUT2D eigenvalue weighted by Gasteiger charge is 2.11. The van der Waals surface area contributed by atoms with Crippen molar-refractivity contribution in [3.05, 3.63) is 35.5 Å². The minimum absolute atomic E-state index is 0.0243. The number of nitrogens with two attached hydrogens (primary N) is 1. The number of piperazine rings is 1. The third-order valence-corrected chi connectivity index (χ3v) is 3.87. The Kier molecular flexibility index (Phi) is 6.61. The lowest BCUT2D eigenvalue weighted by atomic mass is 10.2. The van der Waals surface area contributed by atoms with E-state index >= 15 is 0 Å². The summed E-state index contributed by atoms with van der Waals surface area (Å²) in [6.45, 7) is 7.14. The van der Waals surface area contributed by atoms with Crippen LogP contribution < -0.4 is 21.7 Å². The number of aryl methyl sites for hydroxylation is 1. The number of rotatable bonds is 6. The number of benzene rings is 1. The van der Waals surface area contributed by atoms with Gasteiger partial charge in [0.2, 0.25) is 0 Å². The Bertz CT molecular complexity index is 643. The average Bonchev–Trinajstić information content (AvgIpc) is 2.59. The van der Waals surface area contributed by atoms with Gasteiger partial charge in [-0.1, -0.05) is 6.07 Å². The molecule has 128 valence electrons. The van der Waals surface area contributed by atoms with E-state index in [1.54, 1.807) is 6.07 Å². The van der Waals surface area contributed by atoms with Crippen LogP contribution in [-0.2, 0) is 4.79 Å². The zero-order chi connectivity index (χ0) is 17.4. The monoisotopic (exact) mass is 328 g/mol. The number of anilines is 2. The highest BCUT2D eigenvalue weighted by molar-refractivity contribution is 5.97. The number of nitrogens with zero attached hydrogens (tertiary/aromatic N) is 2. The fourth-order valence-corrected chi connectivity index (χ4v) is 2.45. The maximum atomic E-state index is 12.1. The quantitative estimate of drug-likeness (QED) is 0.343. The van der Waals surface area contributed by atoms with E-state index in [0.717, 1.165) is 38.3 Å². The van der Waals surface area contributed by atoms with E-state index in [0.29, 0.717) is 17.9 Å². The zero-order valence-corrected chi connectivity index (χ0v) is 13.9. The maximum absolute atomic E-state index is 12.1. The Morgan fingerprint density at radius 2 is 2.21 bits per heavy atom. The van der Waals surface area contributed by atoms with Gasteiger partial charge in [0.1, 0.15) is 11.6 Å². The first-order chi connectivity index (χ1) is 11.6. The third kappa shape index (κ3) is 5.26. The predicted octanol–water partition coefficient (Wildman–Crippen LogP) is 0.418. The van der Waals surface area contributed by atoms with Crippen LogP contribution in [0.1, 0.15) is 5.56 Å². The van der Waals surface area contributed by atoms with Gasteiger partial charge in [-0.05, 0) is 24.6 Å². The van der Waals surface area contributed by atoms with Gasteiger partial charge < -0.3 is 21.7 Å². The number of nitriles is 1. The molecule has 0 spiro atoms. The minimum atomic E-state index is -0.383. The van der Waals surface area contributed by atoms with Crippen LogP contribution in [0, 0.1) is 18.3 Å². The van der Waals surface area contributed by atoms with E-state index in [4.69, 9.17) is 5.73 Å². The van der Waals surface area contributed by atoms with Crippen LogP contribution in [0.15, 0.2) is 30.0 Å². The normalized spacial score (nSPS) is 15.6. The summed E-state index contributed by atoms with van der Waals surface area (Å²) in [4.78, 5) is 14.4. The summed E-state index contributed by atoms with van der Waals surface area (Å²) < 4.78 is 0. The van der Waals surface area contributed by atoms with Crippen LogP contribution >= 0.6 is 0 Å². The van der Waals surface area contributed by atoms with Gasteiger partial charge in [0, 0.05) is 45.5 Å². The summed E-state index contributed by atoms with van der Waals surface area (Å²) in [7, 11) is 0. The van der Waals surface area contributed by atoms with Gasteiger partial charge in [-0.3, -0.25) is 9.69 Å². The molecule has 1 heterocycles. The SMILES string of the molecule is Cc1ccc(N)c(N/C=C(/C#N)C(=O)NCCN2CCNCC2)c1. The third-order valence-electron chi connectivity index (χ3n) is 3.87. The van der Waals surface area contributed by atoms with Gasteiger partial charge in [0.25, 0.3) is 5.91 Å². The topological polar surface area (TPSA) is 106 Å². The number of carbonyl (C=O) groups is 1. The van der Waals surface area contributed by atoms with E-state index < -0.39 is 0 Å². The van der Waals surface area contributed by atoms with Gasteiger partial charge in [0.05, 0.1) is 11.4 Å². The van der Waals surface area contributed by atoms with Gasteiger partial charge in [-0.15, -0.1) is 0 Å². The van der Waals surface area contributed by atoms with Crippen LogP contribution in [0.25, 0.3) is 0 Å². The molecule has 1 saturated heterocycles. The molecule has 0 bridgehead atoms. The number of carbonyl (C=O) groups excluding carboxylic acids is 1. The first kappa shape index (κ1) is 17.8. The second-order valence-electron chi connectivity index (χ2n) is 5.75. The Labute approximate surface area is 142 Å². The van der Waals surface area contributed by atoms with Crippen molar-refractivity contribution < 1.29 is 4.79 Å². The molecule has 1 fully saturated rings. The predicted molar refractivity (Wildman–Crippen MR) is 95.2 cm³/mol. The second kappa shape index (κ2) is 8.91. The fourth-order valence-electron chi connectivity index (χ4n) is 2.45. The van der Waals surface area contributed by atoms with Crippen LogP contribution in [0.3, 0.4) is 0 Å². The van der Waals surface area contributed by atoms with E-state index in [1.165, 1.54) is 6.20 Å². The molecule has 0 atom stereocenters. The smallest absolute Gasteiger partial charge is 0.263 e. The molecular weight excluding hydrogens is 304 g/mol. The van der Waals surface area contributed by atoms with Gasteiger partial charge in [-0.2, -0.15) is 5.26 Å². The molecule has 1 aliphatic heterocycles. The molecule has 0 saturated carbocycles. The van der Waals surface area contributed by atoms with Crippen molar-refractivity contribution in [2.45, 2.75) is 6.92 Å². The molecule has 0 aliphatic carbocycles. The van der Waals surface area contributed by atoms with Gasteiger partial charge >= 0.3 is 0 Å². The lowest BCUT2D eigenvalue weighted by Gasteiger charge is -2.27. The molecule has 1 aromatic rings. The number of hydrogen-bond donors (Lipinski definition) is 4. The molecule has 24 heavy (non-hydrogen) atoms. The lowest BCUT2D eigenvalue weighted by Crippen LogP contribution is -2.46. The minimum Gasteiger partial charge on any atom is -0.397 e. The van der Waals surface area contributed by atoms with Crippen LogP contribution in [0.2, 0.25) is 0 Å². The Morgan fingerprint density at radius 3 is 2.92 bits per heavy atom. The molecule has 2 rings (SSSR count). The van der Waals surface area contributed by atoms with Crippen molar-refractivity contribution in [3.8, 4) is 6.07 Å². The maximum Gasteiger partial charge on any atom is 0.263 e. The van der Waals surface area contributed by atoms with Crippen molar-refractivity contribution in [3.63, 3.8) is 0 Å². The highest BCUT2D eigenvalue weighted by Crippen LogP contribution is 2.19. The first-order valence-electron chi connectivity index (χ1n) is 8.04. The van der Waals surface area contributed by atoms with Gasteiger partial charge in [-0.25, -0.2) is 0 Å². The summed E-state index contributed by atoms with van der Waals surface area (Å²) in [6.07, 6.45) is 1.39. The summed E-state index contributed by atoms with van der Waals surface area (Å²) in [6, 6.07) is 7.46. The van der Waals surface area contributed by atoms with E-state index in [2.05, 4.69) is 20.9 Å². The number of amides is 1. The average molecular weight is 328 g/mol.